The second kappa shape index (κ2) is 10.3. The van der Waals surface area contributed by atoms with Gasteiger partial charge in [0, 0.05) is 41.3 Å². The van der Waals surface area contributed by atoms with Crippen molar-refractivity contribution >= 4 is 29.1 Å². The zero-order valence-corrected chi connectivity index (χ0v) is 18.1. The van der Waals surface area contributed by atoms with Gasteiger partial charge in [0.05, 0.1) is 13.2 Å². The third-order valence-electron chi connectivity index (χ3n) is 5.06. The number of piperidine rings is 1. The summed E-state index contributed by atoms with van der Waals surface area (Å²) in [5.41, 5.74) is 1.28. The molecule has 0 aromatic heterocycles. The number of halogens is 1. The maximum atomic E-state index is 12.7. The van der Waals surface area contributed by atoms with Crippen LogP contribution in [0, 0.1) is 5.92 Å². The Balaban J connectivity index is 1.57. The molecule has 6 nitrogen and oxygen atoms in total. The summed E-state index contributed by atoms with van der Waals surface area (Å²) in [5, 5.41) is 3.57. The molecular formula is C23H27ClN2O4. The zero-order valence-electron chi connectivity index (χ0n) is 17.3. The Kier molecular flexibility index (Phi) is 7.57. The third-order valence-corrected chi connectivity index (χ3v) is 5.31. The van der Waals surface area contributed by atoms with Gasteiger partial charge in [0.15, 0.2) is 11.5 Å². The highest BCUT2D eigenvalue weighted by atomic mass is 35.5. The largest absolute Gasteiger partial charge is 0.490 e. The molecule has 0 spiro atoms. The summed E-state index contributed by atoms with van der Waals surface area (Å²) in [6.07, 6.45) is 1.25. The summed E-state index contributed by atoms with van der Waals surface area (Å²) in [5.74, 6) is 1.06. The topological polar surface area (TPSA) is 67.9 Å². The summed E-state index contributed by atoms with van der Waals surface area (Å²) in [6, 6.07) is 12.3. The van der Waals surface area contributed by atoms with E-state index in [1.807, 2.05) is 19.9 Å². The Morgan fingerprint density at radius 1 is 1.00 bits per heavy atom. The number of carbonyl (C=O) groups excluding carboxylic acids is 2. The molecule has 1 N–H and O–H groups in total. The van der Waals surface area contributed by atoms with Crippen molar-refractivity contribution < 1.29 is 19.1 Å². The summed E-state index contributed by atoms with van der Waals surface area (Å²) >= 11 is 5.89. The van der Waals surface area contributed by atoms with Crippen LogP contribution < -0.4 is 14.8 Å². The van der Waals surface area contributed by atoms with E-state index in [-0.39, 0.29) is 17.7 Å². The number of nitrogens with zero attached hydrogens (tertiary/aromatic N) is 1. The molecule has 0 atom stereocenters. The van der Waals surface area contributed by atoms with E-state index in [0.717, 1.165) is 0 Å². The van der Waals surface area contributed by atoms with Gasteiger partial charge in [0.2, 0.25) is 5.91 Å². The summed E-state index contributed by atoms with van der Waals surface area (Å²) in [6.45, 7) is 5.96. The average molecular weight is 431 g/mol. The molecule has 1 saturated heterocycles. The van der Waals surface area contributed by atoms with Gasteiger partial charge in [-0.1, -0.05) is 11.6 Å². The van der Waals surface area contributed by atoms with Crippen molar-refractivity contribution in [1.29, 1.82) is 0 Å². The number of likely N-dealkylation sites (tertiary alicyclic amines) is 1. The van der Waals surface area contributed by atoms with E-state index >= 15 is 0 Å². The smallest absolute Gasteiger partial charge is 0.253 e. The number of rotatable bonds is 7. The van der Waals surface area contributed by atoms with Gasteiger partial charge in [0.1, 0.15) is 0 Å². The number of amides is 2. The monoisotopic (exact) mass is 430 g/mol. The van der Waals surface area contributed by atoms with Crippen LogP contribution in [-0.2, 0) is 4.79 Å². The van der Waals surface area contributed by atoms with Gasteiger partial charge in [0.25, 0.3) is 5.91 Å². The molecule has 160 valence electrons. The first kappa shape index (κ1) is 22.0. The zero-order chi connectivity index (χ0) is 21.5. The molecule has 0 bridgehead atoms. The molecule has 0 aliphatic carbocycles. The Labute approximate surface area is 182 Å². The maximum absolute atomic E-state index is 12.7. The van der Waals surface area contributed by atoms with Crippen molar-refractivity contribution in [3.8, 4) is 11.5 Å². The molecule has 1 heterocycles. The molecule has 3 rings (SSSR count). The lowest BCUT2D eigenvalue weighted by atomic mass is 9.95. The van der Waals surface area contributed by atoms with Crippen molar-refractivity contribution in [3.63, 3.8) is 0 Å². The molecule has 30 heavy (non-hydrogen) atoms. The molecule has 2 amide bonds. The Morgan fingerprint density at radius 2 is 1.63 bits per heavy atom. The van der Waals surface area contributed by atoms with E-state index in [0.29, 0.717) is 66.9 Å². The fraction of sp³-hybridized carbons (Fsp3) is 0.391. The molecule has 2 aromatic carbocycles. The second-order valence-electron chi connectivity index (χ2n) is 7.09. The molecule has 1 aliphatic rings. The lowest BCUT2D eigenvalue weighted by Gasteiger charge is -2.31. The number of hydrogen-bond acceptors (Lipinski definition) is 4. The Morgan fingerprint density at radius 3 is 2.27 bits per heavy atom. The van der Waals surface area contributed by atoms with Crippen molar-refractivity contribution in [2.24, 2.45) is 5.92 Å². The fourth-order valence-corrected chi connectivity index (χ4v) is 3.62. The summed E-state index contributed by atoms with van der Waals surface area (Å²) < 4.78 is 11.2. The number of carbonyl (C=O) groups is 2. The van der Waals surface area contributed by atoms with Crippen molar-refractivity contribution in [1.82, 2.24) is 4.90 Å². The van der Waals surface area contributed by atoms with Crippen LogP contribution in [-0.4, -0.2) is 43.0 Å². The van der Waals surface area contributed by atoms with Crippen LogP contribution in [0.5, 0.6) is 11.5 Å². The quantitative estimate of drug-likeness (QED) is 0.695. The lowest BCUT2D eigenvalue weighted by Crippen LogP contribution is -2.41. The number of benzene rings is 2. The van der Waals surface area contributed by atoms with Crippen molar-refractivity contribution in [3.05, 3.63) is 53.1 Å². The van der Waals surface area contributed by atoms with Crippen LogP contribution in [0.4, 0.5) is 5.69 Å². The minimum absolute atomic E-state index is 0.0293. The van der Waals surface area contributed by atoms with Gasteiger partial charge in [-0.15, -0.1) is 0 Å². The van der Waals surface area contributed by atoms with Crippen LogP contribution in [0.15, 0.2) is 42.5 Å². The molecule has 0 radical (unpaired) electrons. The van der Waals surface area contributed by atoms with Crippen LogP contribution in [0.1, 0.15) is 37.0 Å². The van der Waals surface area contributed by atoms with Crippen LogP contribution in [0.25, 0.3) is 0 Å². The second-order valence-corrected chi connectivity index (χ2v) is 7.53. The molecular weight excluding hydrogens is 404 g/mol. The minimum Gasteiger partial charge on any atom is -0.490 e. The van der Waals surface area contributed by atoms with Gasteiger partial charge >= 0.3 is 0 Å². The number of nitrogens with one attached hydrogen (secondary N) is 1. The number of anilines is 1. The lowest BCUT2D eigenvalue weighted by molar-refractivity contribution is -0.121. The predicted molar refractivity (Wildman–Crippen MR) is 117 cm³/mol. The first-order chi connectivity index (χ1) is 14.5. The van der Waals surface area contributed by atoms with Gasteiger partial charge in [-0.25, -0.2) is 0 Å². The van der Waals surface area contributed by atoms with E-state index in [2.05, 4.69) is 5.32 Å². The first-order valence-corrected chi connectivity index (χ1v) is 10.6. The summed E-state index contributed by atoms with van der Waals surface area (Å²) in [7, 11) is 0. The Hall–Kier alpha value is -2.73. The van der Waals surface area contributed by atoms with Gasteiger partial charge < -0.3 is 19.7 Å². The van der Waals surface area contributed by atoms with Crippen molar-refractivity contribution in [2.45, 2.75) is 26.7 Å². The van der Waals surface area contributed by atoms with Gasteiger partial charge in [-0.3, -0.25) is 9.59 Å². The molecule has 1 aliphatic heterocycles. The average Bonchev–Trinajstić information content (AvgIpc) is 2.76. The predicted octanol–water partition coefficient (Wildman–Crippen LogP) is 4.63. The third kappa shape index (κ3) is 5.45. The van der Waals surface area contributed by atoms with Crippen LogP contribution in [0.2, 0.25) is 5.02 Å². The molecule has 2 aromatic rings. The first-order valence-electron chi connectivity index (χ1n) is 10.3. The molecule has 7 heteroatoms. The van der Waals surface area contributed by atoms with Crippen LogP contribution in [0.3, 0.4) is 0 Å². The normalized spacial score (nSPS) is 14.3. The van der Waals surface area contributed by atoms with Crippen molar-refractivity contribution in [2.75, 3.05) is 31.6 Å². The van der Waals surface area contributed by atoms with E-state index in [4.69, 9.17) is 21.1 Å². The number of ether oxygens (including phenoxy) is 2. The number of hydrogen-bond donors (Lipinski definition) is 1. The summed E-state index contributed by atoms with van der Waals surface area (Å²) in [4.78, 5) is 27.1. The highest BCUT2D eigenvalue weighted by Gasteiger charge is 2.28. The van der Waals surface area contributed by atoms with E-state index in [1.165, 1.54) is 0 Å². The fourth-order valence-electron chi connectivity index (χ4n) is 3.49. The highest BCUT2D eigenvalue weighted by molar-refractivity contribution is 6.30. The molecule has 0 unspecified atom stereocenters. The minimum atomic E-state index is -0.138. The van der Waals surface area contributed by atoms with E-state index in [9.17, 15) is 9.59 Å². The molecule has 1 fully saturated rings. The maximum Gasteiger partial charge on any atom is 0.253 e. The Bertz CT molecular complexity index is 877. The van der Waals surface area contributed by atoms with Gasteiger partial charge in [-0.05, 0) is 63.1 Å². The standard InChI is InChI=1S/C23H27ClN2O4/c1-3-29-20-10-9-19(15-21(20)30-4-2)25-22(27)16-11-13-26(14-12-16)23(28)17-5-7-18(24)8-6-17/h5-10,15-16H,3-4,11-14H2,1-2H3,(H,25,27). The van der Waals surface area contributed by atoms with Crippen LogP contribution >= 0.6 is 11.6 Å². The van der Waals surface area contributed by atoms with E-state index < -0.39 is 0 Å². The molecule has 0 saturated carbocycles. The SMILES string of the molecule is CCOc1ccc(NC(=O)C2CCN(C(=O)c3ccc(Cl)cc3)CC2)cc1OCC. The highest BCUT2D eigenvalue weighted by Crippen LogP contribution is 2.31. The van der Waals surface area contributed by atoms with Gasteiger partial charge in [-0.2, -0.15) is 0 Å². The van der Waals surface area contributed by atoms with E-state index in [1.54, 1.807) is 41.3 Å².